The molecule has 1 heterocycles. The molecule has 2 unspecified atom stereocenters. The number of halogens is 2. The Hall–Kier alpha value is -1.16. The molecule has 2 atom stereocenters. The van der Waals surface area contributed by atoms with E-state index in [2.05, 4.69) is 5.32 Å². The number of hydrogen-bond acceptors (Lipinski definition) is 2. The van der Waals surface area contributed by atoms with Crippen molar-refractivity contribution >= 4 is 5.69 Å². The van der Waals surface area contributed by atoms with Crippen molar-refractivity contribution in [2.24, 2.45) is 0 Å². The van der Waals surface area contributed by atoms with Crippen LogP contribution in [0.4, 0.5) is 14.5 Å². The van der Waals surface area contributed by atoms with Gasteiger partial charge in [-0.05, 0) is 38.8 Å². The van der Waals surface area contributed by atoms with Crippen LogP contribution in [0.2, 0.25) is 0 Å². The van der Waals surface area contributed by atoms with Crippen LogP contribution in [0.25, 0.3) is 0 Å². The molecule has 1 saturated heterocycles. The minimum atomic E-state index is -0.817. The van der Waals surface area contributed by atoms with Crippen molar-refractivity contribution in [1.82, 2.24) is 0 Å². The van der Waals surface area contributed by atoms with Gasteiger partial charge in [0.25, 0.3) is 0 Å². The Morgan fingerprint density at radius 3 is 2.35 bits per heavy atom. The maximum absolute atomic E-state index is 13.0. The van der Waals surface area contributed by atoms with E-state index in [0.29, 0.717) is 5.69 Å². The van der Waals surface area contributed by atoms with Crippen molar-refractivity contribution in [2.45, 2.75) is 44.9 Å². The monoisotopic (exact) mass is 241 g/mol. The van der Waals surface area contributed by atoms with Crippen molar-refractivity contribution < 1.29 is 13.5 Å². The number of rotatable bonds is 2. The zero-order chi connectivity index (χ0) is 12.4. The highest BCUT2D eigenvalue weighted by Gasteiger charge is 2.24. The van der Waals surface area contributed by atoms with Gasteiger partial charge in [0.2, 0.25) is 0 Å². The first kappa shape index (κ1) is 12.3. The molecule has 1 fully saturated rings. The van der Waals surface area contributed by atoms with Crippen LogP contribution in [0.15, 0.2) is 18.2 Å². The van der Waals surface area contributed by atoms with Gasteiger partial charge >= 0.3 is 0 Å². The van der Waals surface area contributed by atoms with Crippen LogP contribution in [0.5, 0.6) is 0 Å². The van der Waals surface area contributed by atoms with Crippen LogP contribution < -0.4 is 5.32 Å². The summed E-state index contributed by atoms with van der Waals surface area (Å²) in [5, 5.41) is 3.22. The van der Waals surface area contributed by atoms with Crippen LogP contribution in [-0.4, -0.2) is 18.2 Å². The molecule has 0 bridgehead atoms. The van der Waals surface area contributed by atoms with Crippen molar-refractivity contribution in [1.29, 1.82) is 0 Å². The molecule has 17 heavy (non-hydrogen) atoms. The summed E-state index contributed by atoms with van der Waals surface area (Å²) in [6.45, 7) is 4.05. The van der Waals surface area contributed by atoms with Gasteiger partial charge in [-0.3, -0.25) is 0 Å². The first-order valence-corrected chi connectivity index (χ1v) is 5.91. The standard InChI is InChI=1S/C13H17F2NO/c1-8-5-11(6-9(2)17-8)16-10-3-4-12(14)13(15)7-10/h3-4,7-9,11,16H,5-6H2,1-2H3. The van der Waals surface area contributed by atoms with E-state index in [1.807, 2.05) is 13.8 Å². The van der Waals surface area contributed by atoms with Crippen LogP contribution in [0, 0.1) is 11.6 Å². The Kier molecular flexibility index (Phi) is 3.62. The zero-order valence-corrected chi connectivity index (χ0v) is 10.0. The van der Waals surface area contributed by atoms with Gasteiger partial charge in [-0.25, -0.2) is 8.78 Å². The van der Waals surface area contributed by atoms with Crippen molar-refractivity contribution in [3.8, 4) is 0 Å². The first-order chi connectivity index (χ1) is 8.04. The SMILES string of the molecule is CC1CC(Nc2ccc(F)c(F)c2)CC(C)O1. The van der Waals surface area contributed by atoms with Gasteiger partial charge < -0.3 is 10.1 Å². The van der Waals surface area contributed by atoms with E-state index < -0.39 is 11.6 Å². The van der Waals surface area contributed by atoms with Crippen LogP contribution in [0.1, 0.15) is 26.7 Å². The van der Waals surface area contributed by atoms with E-state index in [4.69, 9.17) is 4.74 Å². The maximum Gasteiger partial charge on any atom is 0.160 e. The zero-order valence-electron chi connectivity index (χ0n) is 10.0. The fourth-order valence-corrected chi connectivity index (χ4v) is 2.34. The largest absolute Gasteiger partial charge is 0.382 e. The molecular formula is C13H17F2NO. The fourth-order valence-electron chi connectivity index (χ4n) is 2.34. The lowest BCUT2D eigenvalue weighted by molar-refractivity contribution is -0.0337. The van der Waals surface area contributed by atoms with E-state index in [9.17, 15) is 8.78 Å². The Bertz CT molecular complexity index is 387. The summed E-state index contributed by atoms with van der Waals surface area (Å²) in [5.74, 6) is -1.63. The van der Waals surface area contributed by atoms with Crippen LogP contribution in [0.3, 0.4) is 0 Å². The summed E-state index contributed by atoms with van der Waals surface area (Å²) >= 11 is 0. The third-order valence-electron chi connectivity index (χ3n) is 2.99. The second-order valence-electron chi connectivity index (χ2n) is 4.70. The first-order valence-electron chi connectivity index (χ1n) is 5.91. The lowest BCUT2D eigenvalue weighted by Gasteiger charge is -2.33. The molecule has 0 amide bonds. The number of nitrogens with one attached hydrogen (secondary N) is 1. The Morgan fingerprint density at radius 2 is 1.76 bits per heavy atom. The van der Waals surface area contributed by atoms with Gasteiger partial charge in [-0.1, -0.05) is 0 Å². The van der Waals surface area contributed by atoms with Gasteiger partial charge in [0.15, 0.2) is 11.6 Å². The van der Waals surface area contributed by atoms with Gasteiger partial charge in [0, 0.05) is 17.8 Å². The van der Waals surface area contributed by atoms with Gasteiger partial charge in [-0.15, -0.1) is 0 Å². The summed E-state index contributed by atoms with van der Waals surface area (Å²) in [4.78, 5) is 0. The normalized spacial score (nSPS) is 29.1. The molecule has 1 aliphatic heterocycles. The summed E-state index contributed by atoms with van der Waals surface area (Å²) in [5.41, 5.74) is 0.621. The average Bonchev–Trinajstić information content (AvgIpc) is 2.22. The highest BCUT2D eigenvalue weighted by molar-refractivity contribution is 5.44. The molecule has 1 aliphatic rings. The summed E-state index contributed by atoms with van der Waals surface area (Å²) < 4.78 is 31.4. The molecule has 0 spiro atoms. The van der Waals surface area contributed by atoms with Crippen LogP contribution >= 0.6 is 0 Å². The number of benzene rings is 1. The average molecular weight is 241 g/mol. The predicted octanol–water partition coefficient (Wildman–Crippen LogP) is 3.33. The van der Waals surface area contributed by atoms with Crippen molar-refractivity contribution in [3.63, 3.8) is 0 Å². The molecule has 1 N–H and O–H groups in total. The molecule has 94 valence electrons. The van der Waals surface area contributed by atoms with Gasteiger partial charge in [0.05, 0.1) is 12.2 Å². The molecule has 2 rings (SSSR count). The van der Waals surface area contributed by atoms with Crippen LogP contribution in [-0.2, 0) is 4.74 Å². The van der Waals surface area contributed by atoms with E-state index in [0.717, 1.165) is 18.9 Å². The molecular weight excluding hydrogens is 224 g/mol. The molecule has 0 aliphatic carbocycles. The van der Waals surface area contributed by atoms with Gasteiger partial charge in [-0.2, -0.15) is 0 Å². The van der Waals surface area contributed by atoms with Crippen molar-refractivity contribution in [3.05, 3.63) is 29.8 Å². The smallest absolute Gasteiger partial charge is 0.160 e. The summed E-state index contributed by atoms with van der Waals surface area (Å²) in [6, 6.07) is 4.14. The molecule has 2 nitrogen and oxygen atoms in total. The maximum atomic E-state index is 13.0. The van der Waals surface area contributed by atoms with E-state index >= 15 is 0 Å². The lowest BCUT2D eigenvalue weighted by atomic mass is 9.99. The van der Waals surface area contributed by atoms with E-state index in [1.54, 1.807) is 6.07 Å². The van der Waals surface area contributed by atoms with E-state index in [-0.39, 0.29) is 18.2 Å². The summed E-state index contributed by atoms with van der Waals surface area (Å²) in [7, 11) is 0. The number of ether oxygens (including phenoxy) is 1. The third kappa shape index (κ3) is 3.16. The quantitative estimate of drug-likeness (QED) is 0.857. The topological polar surface area (TPSA) is 21.3 Å². The molecule has 0 radical (unpaired) electrons. The second-order valence-corrected chi connectivity index (χ2v) is 4.70. The summed E-state index contributed by atoms with van der Waals surface area (Å²) in [6.07, 6.45) is 2.15. The van der Waals surface area contributed by atoms with Gasteiger partial charge in [0.1, 0.15) is 0 Å². The minimum absolute atomic E-state index is 0.196. The predicted molar refractivity (Wildman–Crippen MR) is 63.0 cm³/mol. The molecule has 0 aromatic heterocycles. The van der Waals surface area contributed by atoms with Crippen molar-refractivity contribution in [2.75, 3.05) is 5.32 Å². The fraction of sp³-hybridized carbons (Fsp3) is 0.538. The number of hydrogen-bond donors (Lipinski definition) is 1. The highest BCUT2D eigenvalue weighted by atomic mass is 19.2. The third-order valence-corrected chi connectivity index (χ3v) is 2.99. The molecule has 4 heteroatoms. The Labute approximate surface area is 100.0 Å². The molecule has 0 saturated carbocycles. The lowest BCUT2D eigenvalue weighted by Crippen LogP contribution is -2.36. The number of anilines is 1. The second kappa shape index (κ2) is 5.00. The Morgan fingerprint density at radius 1 is 1.12 bits per heavy atom. The highest BCUT2D eigenvalue weighted by Crippen LogP contribution is 2.23. The molecule has 1 aromatic carbocycles. The van der Waals surface area contributed by atoms with E-state index in [1.165, 1.54) is 6.07 Å². The minimum Gasteiger partial charge on any atom is -0.382 e. The Balaban J connectivity index is 2.02. The molecule has 1 aromatic rings.